The summed E-state index contributed by atoms with van der Waals surface area (Å²) in [5.74, 6) is -4.81. The minimum Gasteiger partial charge on any atom is -0.480 e. The number of carboxylic acid groups (broad SMARTS) is 2. The lowest BCUT2D eigenvalue weighted by Crippen LogP contribution is -2.44. The van der Waals surface area contributed by atoms with E-state index < -0.39 is 57.9 Å². The predicted octanol–water partition coefficient (Wildman–Crippen LogP) is -2.18. The average Bonchev–Trinajstić information content (AvgIpc) is 2.47. The monoisotopic (exact) mass is 386 g/mol. The number of hydrogen-bond donors (Lipinski definition) is 3. The first kappa shape index (κ1) is 21.0. The fraction of sp³-hybridized carbons (Fsp3) is 0.600. The van der Waals surface area contributed by atoms with Crippen molar-refractivity contribution in [3.05, 3.63) is 0 Å². The molecule has 142 valence electrons. The first-order valence-corrected chi connectivity index (χ1v) is 8.06. The Morgan fingerprint density at radius 1 is 1.04 bits per heavy atom. The minimum absolute atomic E-state index is 0.123. The normalized spacial score (nSPS) is 19.1. The molecule has 0 amide bonds. The summed E-state index contributed by atoms with van der Waals surface area (Å²) in [6, 6.07) is 0. The van der Waals surface area contributed by atoms with Gasteiger partial charge in [0.15, 0.2) is 0 Å². The molecule has 0 bridgehead atoms. The predicted molar refractivity (Wildman–Crippen MR) is 72.3 cm³/mol. The first-order chi connectivity index (χ1) is 11.6. The fourth-order valence-electron chi connectivity index (χ4n) is 1.70. The largest absolute Gasteiger partial charge is 0.544 e. The Morgan fingerprint density at radius 3 is 1.88 bits per heavy atom. The van der Waals surface area contributed by atoms with E-state index in [1.807, 2.05) is 0 Å². The quantitative estimate of drug-likeness (QED) is 0.316. The summed E-state index contributed by atoms with van der Waals surface area (Å²) in [6.45, 7) is -2.56. The van der Waals surface area contributed by atoms with Crippen molar-refractivity contribution >= 4 is 31.7 Å². The number of carbonyl (C=O) groups is 4. The Balaban J connectivity index is 2.68. The van der Waals surface area contributed by atoms with Gasteiger partial charge in [0.05, 0.1) is 13.1 Å². The third-order valence-electron chi connectivity index (χ3n) is 2.60. The van der Waals surface area contributed by atoms with Crippen LogP contribution >= 0.6 is 7.82 Å². The van der Waals surface area contributed by atoms with E-state index in [0.717, 1.165) is 9.80 Å². The zero-order chi connectivity index (χ0) is 19.0. The minimum atomic E-state index is -4.91. The number of rotatable bonds is 7. The third-order valence-corrected chi connectivity index (χ3v) is 3.13. The lowest BCUT2D eigenvalue weighted by molar-refractivity contribution is -0.264. The average molecular weight is 386 g/mol. The molecule has 0 aromatic rings. The zero-order valence-corrected chi connectivity index (χ0v) is 13.5. The molecular formula is C10H15N2O12P. The highest BCUT2D eigenvalue weighted by Gasteiger charge is 2.31. The van der Waals surface area contributed by atoms with Crippen LogP contribution in [0.1, 0.15) is 0 Å². The molecule has 1 saturated heterocycles. The maximum absolute atomic E-state index is 11.5. The maximum Gasteiger partial charge on any atom is 0.544 e. The van der Waals surface area contributed by atoms with Crippen LogP contribution in [0.25, 0.3) is 0 Å². The van der Waals surface area contributed by atoms with Crippen molar-refractivity contribution in [1.82, 2.24) is 9.80 Å². The highest BCUT2D eigenvalue weighted by atomic mass is 31.2. The molecule has 0 atom stereocenters. The van der Waals surface area contributed by atoms with Crippen LogP contribution in [-0.2, 0) is 42.9 Å². The van der Waals surface area contributed by atoms with Gasteiger partial charge in [-0.15, -0.1) is 0 Å². The molecule has 1 fully saturated rings. The molecule has 1 aliphatic rings. The summed E-state index contributed by atoms with van der Waals surface area (Å²) in [7, 11) is -4.91. The van der Waals surface area contributed by atoms with E-state index in [1.54, 1.807) is 0 Å². The second-order valence-corrected chi connectivity index (χ2v) is 5.97. The van der Waals surface area contributed by atoms with Gasteiger partial charge >= 0.3 is 31.7 Å². The number of carboxylic acids is 2. The molecule has 0 unspecified atom stereocenters. The van der Waals surface area contributed by atoms with E-state index in [1.165, 1.54) is 0 Å². The summed E-state index contributed by atoms with van der Waals surface area (Å²) in [5, 5.41) is 17.5. The summed E-state index contributed by atoms with van der Waals surface area (Å²) in [6.07, 6.45) is 0. The standard InChI is InChI=1S/C10H15N2O12P/c13-7(14)3-11(4-8(15)16)1-2-12-5-9(17)21-23-25(19,20)24-22-10(18)6-12/h1-6H2,(H,13,14)(H,15,16)(H,19,20). The van der Waals surface area contributed by atoms with Gasteiger partial charge in [-0.25, -0.2) is 14.2 Å². The molecule has 1 heterocycles. The number of nitrogens with zero attached hydrogens (tertiary/aromatic N) is 2. The van der Waals surface area contributed by atoms with E-state index in [-0.39, 0.29) is 13.1 Å². The lowest BCUT2D eigenvalue weighted by atomic mass is 10.4. The van der Waals surface area contributed by atoms with Crippen molar-refractivity contribution in [2.45, 2.75) is 0 Å². The number of aliphatic carboxylic acids is 2. The van der Waals surface area contributed by atoms with Crippen molar-refractivity contribution in [2.75, 3.05) is 39.3 Å². The summed E-state index contributed by atoms with van der Waals surface area (Å²) < 4.78 is 18.7. The van der Waals surface area contributed by atoms with Crippen LogP contribution in [0.4, 0.5) is 0 Å². The van der Waals surface area contributed by atoms with Crippen molar-refractivity contribution in [1.29, 1.82) is 0 Å². The van der Waals surface area contributed by atoms with Gasteiger partial charge in [0.25, 0.3) is 0 Å². The van der Waals surface area contributed by atoms with Gasteiger partial charge in [-0.3, -0.25) is 34.1 Å². The second-order valence-electron chi connectivity index (χ2n) is 4.74. The van der Waals surface area contributed by atoms with E-state index in [0.29, 0.717) is 0 Å². The summed E-state index contributed by atoms with van der Waals surface area (Å²) in [5.41, 5.74) is 0. The summed E-state index contributed by atoms with van der Waals surface area (Å²) in [4.78, 5) is 63.6. The lowest BCUT2D eigenvalue weighted by Gasteiger charge is -2.24. The van der Waals surface area contributed by atoms with Gasteiger partial charge < -0.3 is 10.2 Å². The zero-order valence-electron chi connectivity index (χ0n) is 12.6. The third kappa shape index (κ3) is 9.09. The second kappa shape index (κ2) is 9.41. The Morgan fingerprint density at radius 2 is 1.48 bits per heavy atom. The van der Waals surface area contributed by atoms with E-state index in [9.17, 15) is 23.7 Å². The molecule has 14 nitrogen and oxygen atoms in total. The smallest absolute Gasteiger partial charge is 0.480 e. The fourth-order valence-corrected chi connectivity index (χ4v) is 2.08. The van der Waals surface area contributed by atoms with Crippen LogP contribution in [0.5, 0.6) is 0 Å². The van der Waals surface area contributed by atoms with Crippen LogP contribution in [0, 0.1) is 0 Å². The molecule has 1 rings (SSSR count). The van der Waals surface area contributed by atoms with Gasteiger partial charge in [0, 0.05) is 13.1 Å². The molecule has 0 saturated carbocycles. The SMILES string of the molecule is O=C(O)CN(CCN1CC(=O)OOP(=O)(O)OOC(=O)C1)CC(=O)O. The van der Waals surface area contributed by atoms with Crippen molar-refractivity contribution in [2.24, 2.45) is 0 Å². The summed E-state index contributed by atoms with van der Waals surface area (Å²) >= 11 is 0. The maximum atomic E-state index is 11.5. The number of hydrogen-bond acceptors (Lipinski definition) is 11. The van der Waals surface area contributed by atoms with Gasteiger partial charge in [0.2, 0.25) is 0 Å². The molecule has 0 radical (unpaired) electrons. The Hall–Kier alpha value is -2.09. The highest BCUT2D eigenvalue weighted by molar-refractivity contribution is 7.47. The van der Waals surface area contributed by atoms with Crippen LogP contribution < -0.4 is 0 Å². The highest BCUT2D eigenvalue weighted by Crippen LogP contribution is 2.43. The van der Waals surface area contributed by atoms with Crippen molar-refractivity contribution in [3.63, 3.8) is 0 Å². The van der Waals surface area contributed by atoms with Crippen LogP contribution in [0.2, 0.25) is 0 Å². The van der Waals surface area contributed by atoms with Gasteiger partial charge in [-0.05, 0) is 0 Å². The molecule has 1 aliphatic heterocycles. The van der Waals surface area contributed by atoms with Crippen LogP contribution in [0.3, 0.4) is 0 Å². The Bertz CT molecular complexity index is 538. The molecule has 0 aromatic heterocycles. The van der Waals surface area contributed by atoms with Crippen molar-refractivity contribution < 1.29 is 58.0 Å². The van der Waals surface area contributed by atoms with Gasteiger partial charge in [0.1, 0.15) is 13.1 Å². The van der Waals surface area contributed by atoms with Gasteiger partial charge in [-0.1, -0.05) is 9.35 Å². The van der Waals surface area contributed by atoms with Crippen LogP contribution in [-0.4, -0.2) is 88.1 Å². The van der Waals surface area contributed by atoms with Crippen LogP contribution in [0.15, 0.2) is 0 Å². The van der Waals surface area contributed by atoms with E-state index >= 15 is 0 Å². The van der Waals surface area contributed by atoms with E-state index in [4.69, 9.17) is 15.1 Å². The first-order valence-electron chi connectivity index (χ1n) is 6.56. The van der Waals surface area contributed by atoms with Gasteiger partial charge in [-0.2, -0.15) is 0 Å². The molecule has 15 heteroatoms. The van der Waals surface area contributed by atoms with E-state index in [2.05, 4.69) is 19.1 Å². The van der Waals surface area contributed by atoms with Crippen molar-refractivity contribution in [3.8, 4) is 0 Å². The topological polar surface area (TPSA) is 189 Å². The Kier molecular flexibility index (Phi) is 7.89. The molecule has 0 aliphatic carbocycles. The molecule has 25 heavy (non-hydrogen) atoms. The molecule has 0 aromatic carbocycles. The Labute approximate surface area is 139 Å². The molecule has 3 N–H and O–H groups in total. The number of carbonyl (C=O) groups excluding carboxylic acids is 2. The number of phosphoric acid groups is 1. The molecular weight excluding hydrogens is 371 g/mol. The molecule has 0 spiro atoms.